The van der Waals surface area contributed by atoms with Crippen LogP contribution in [0.2, 0.25) is 0 Å². The smallest absolute Gasteiger partial charge is 0.316 e. The Bertz CT molecular complexity index is 809. The van der Waals surface area contributed by atoms with Gasteiger partial charge in [0.25, 0.3) is 5.91 Å². The Morgan fingerprint density at radius 1 is 1.07 bits per heavy atom. The number of carbonyl (C=O) groups excluding carboxylic acids is 3. The molecule has 0 aliphatic rings. The molecule has 144 valence electrons. The van der Waals surface area contributed by atoms with Crippen LogP contribution in [0.25, 0.3) is 10.8 Å². The number of carbonyl (C=O) groups is 3. The number of benzene rings is 2. The molecule has 0 atom stereocenters. The lowest BCUT2D eigenvalue weighted by Crippen LogP contribution is -2.42. The maximum absolute atomic E-state index is 12.1. The molecular weight excluding hydrogens is 364 g/mol. The molecule has 0 bridgehead atoms. The molecule has 0 saturated heterocycles. The van der Waals surface area contributed by atoms with E-state index in [-0.39, 0.29) is 30.7 Å². The molecule has 0 spiro atoms. The first kappa shape index (κ1) is 20.8. The van der Waals surface area contributed by atoms with Gasteiger partial charge in [-0.3, -0.25) is 14.4 Å². The fraction of sp³-hybridized carbons (Fsp3) is 0.350. The molecule has 2 aromatic rings. The Labute approximate surface area is 163 Å². The molecular formula is C20H24N2O4S. The van der Waals surface area contributed by atoms with Gasteiger partial charge in [0.05, 0.1) is 12.3 Å². The third kappa shape index (κ3) is 6.60. The Morgan fingerprint density at radius 2 is 1.81 bits per heavy atom. The molecule has 0 unspecified atom stereocenters. The van der Waals surface area contributed by atoms with E-state index in [2.05, 4.69) is 5.32 Å². The summed E-state index contributed by atoms with van der Waals surface area (Å²) in [5.74, 6) is -0.956. The zero-order valence-electron chi connectivity index (χ0n) is 15.6. The summed E-state index contributed by atoms with van der Waals surface area (Å²) in [6.45, 7) is 4.07. The SMILES string of the molecule is CCNC(=O)CN(CC)C(=O)COC(=O)CSc1ccc2ccccc2c1. The van der Waals surface area contributed by atoms with Crippen LogP contribution in [-0.2, 0) is 19.1 Å². The number of thioether (sulfide) groups is 1. The Hall–Kier alpha value is -2.54. The van der Waals surface area contributed by atoms with Crippen molar-refractivity contribution < 1.29 is 19.1 Å². The molecule has 0 fully saturated rings. The molecule has 0 aliphatic carbocycles. The third-order valence-electron chi connectivity index (χ3n) is 3.88. The zero-order valence-corrected chi connectivity index (χ0v) is 16.4. The van der Waals surface area contributed by atoms with Gasteiger partial charge in [-0.15, -0.1) is 11.8 Å². The van der Waals surface area contributed by atoms with E-state index in [1.165, 1.54) is 16.7 Å². The van der Waals surface area contributed by atoms with Gasteiger partial charge in [0.15, 0.2) is 6.61 Å². The number of esters is 1. The molecule has 0 radical (unpaired) electrons. The minimum atomic E-state index is -0.462. The highest BCUT2D eigenvalue weighted by Gasteiger charge is 2.17. The molecule has 0 aliphatic heterocycles. The quantitative estimate of drug-likeness (QED) is 0.528. The second-order valence-corrected chi connectivity index (χ2v) is 6.87. The van der Waals surface area contributed by atoms with Gasteiger partial charge in [0.1, 0.15) is 0 Å². The maximum Gasteiger partial charge on any atom is 0.316 e. The molecule has 27 heavy (non-hydrogen) atoms. The van der Waals surface area contributed by atoms with Crippen molar-refractivity contribution in [3.05, 3.63) is 42.5 Å². The van der Waals surface area contributed by atoms with Gasteiger partial charge in [-0.05, 0) is 36.8 Å². The van der Waals surface area contributed by atoms with Crippen LogP contribution < -0.4 is 5.32 Å². The monoisotopic (exact) mass is 388 g/mol. The van der Waals surface area contributed by atoms with E-state index in [0.717, 1.165) is 15.7 Å². The first-order valence-electron chi connectivity index (χ1n) is 8.85. The van der Waals surface area contributed by atoms with Gasteiger partial charge in [-0.1, -0.05) is 30.3 Å². The Kier molecular flexibility index (Phi) is 8.13. The number of nitrogens with zero attached hydrogens (tertiary/aromatic N) is 1. The number of ether oxygens (including phenoxy) is 1. The van der Waals surface area contributed by atoms with Crippen molar-refractivity contribution >= 4 is 40.3 Å². The van der Waals surface area contributed by atoms with Gasteiger partial charge in [0, 0.05) is 18.0 Å². The van der Waals surface area contributed by atoms with Crippen LogP contribution in [0.3, 0.4) is 0 Å². The molecule has 6 nitrogen and oxygen atoms in total. The Balaban J connectivity index is 1.78. The molecule has 2 amide bonds. The minimum Gasteiger partial charge on any atom is -0.455 e. The summed E-state index contributed by atoms with van der Waals surface area (Å²) >= 11 is 1.36. The zero-order chi connectivity index (χ0) is 19.6. The van der Waals surface area contributed by atoms with Gasteiger partial charge >= 0.3 is 5.97 Å². The molecule has 2 aromatic carbocycles. The van der Waals surface area contributed by atoms with Gasteiger partial charge in [-0.25, -0.2) is 0 Å². The summed E-state index contributed by atoms with van der Waals surface area (Å²) in [6, 6.07) is 14.0. The lowest BCUT2D eigenvalue weighted by atomic mass is 10.1. The van der Waals surface area contributed by atoms with Crippen LogP contribution in [0.5, 0.6) is 0 Å². The van der Waals surface area contributed by atoms with Crippen LogP contribution >= 0.6 is 11.8 Å². The number of fused-ring (bicyclic) bond motifs is 1. The number of likely N-dealkylation sites (N-methyl/N-ethyl adjacent to an activating group) is 2. The van der Waals surface area contributed by atoms with Crippen molar-refractivity contribution in [2.75, 3.05) is 32.0 Å². The minimum absolute atomic E-state index is 0.0352. The van der Waals surface area contributed by atoms with Gasteiger partial charge in [-0.2, -0.15) is 0 Å². The normalized spacial score (nSPS) is 10.4. The second-order valence-electron chi connectivity index (χ2n) is 5.82. The maximum atomic E-state index is 12.1. The number of hydrogen-bond donors (Lipinski definition) is 1. The van der Waals surface area contributed by atoms with E-state index in [1.807, 2.05) is 49.4 Å². The molecule has 0 heterocycles. The number of amides is 2. The summed E-state index contributed by atoms with van der Waals surface area (Å²) in [4.78, 5) is 37.9. The van der Waals surface area contributed by atoms with E-state index >= 15 is 0 Å². The van der Waals surface area contributed by atoms with Crippen molar-refractivity contribution in [3.63, 3.8) is 0 Å². The lowest BCUT2D eigenvalue weighted by Gasteiger charge is -2.19. The Morgan fingerprint density at radius 3 is 2.52 bits per heavy atom. The first-order chi connectivity index (χ1) is 13.0. The lowest BCUT2D eigenvalue weighted by molar-refractivity contribution is -0.150. The average molecular weight is 388 g/mol. The van der Waals surface area contributed by atoms with Crippen molar-refractivity contribution in [3.8, 4) is 0 Å². The van der Waals surface area contributed by atoms with Crippen LogP contribution in [0.4, 0.5) is 0 Å². The van der Waals surface area contributed by atoms with Crippen LogP contribution in [0, 0.1) is 0 Å². The van der Waals surface area contributed by atoms with E-state index < -0.39 is 5.97 Å². The predicted molar refractivity (Wildman–Crippen MR) is 107 cm³/mol. The predicted octanol–water partition coefficient (Wildman–Crippen LogP) is 2.46. The van der Waals surface area contributed by atoms with Crippen molar-refractivity contribution in [2.24, 2.45) is 0 Å². The van der Waals surface area contributed by atoms with E-state index in [4.69, 9.17) is 4.74 Å². The van der Waals surface area contributed by atoms with Crippen molar-refractivity contribution in [1.29, 1.82) is 0 Å². The molecule has 0 saturated carbocycles. The van der Waals surface area contributed by atoms with Gasteiger partial charge in [0.2, 0.25) is 5.91 Å². The first-order valence-corrected chi connectivity index (χ1v) is 9.83. The summed E-state index contributed by atoms with van der Waals surface area (Å²) < 4.78 is 5.05. The van der Waals surface area contributed by atoms with Crippen LogP contribution in [-0.4, -0.2) is 54.7 Å². The average Bonchev–Trinajstić information content (AvgIpc) is 2.68. The molecule has 0 aromatic heterocycles. The fourth-order valence-electron chi connectivity index (χ4n) is 2.48. The third-order valence-corrected chi connectivity index (χ3v) is 4.84. The summed E-state index contributed by atoms with van der Waals surface area (Å²) in [7, 11) is 0. The van der Waals surface area contributed by atoms with Crippen LogP contribution in [0.1, 0.15) is 13.8 Å². The topological polar surface area (TPSA) is 75.7 Å². The van der Waals surface area contributed by atoms with Crippen molar-refractivity contribution in [2.45, 2.75) is 18.7 Å². The summed E-state index contributed by atoms with van der Waals surface area (Å²) in [6.07, 6.45) is 0. The van der Waals surface area contributed by atoms with E-state index in [1.54, 1.807) is 6.92 Å². The van der Waals surface area contributed by atoms with Crippen LogP contribution in [0.15, 0.2) is 47.4 Å². The summed E-state index contributed by atoms with van der Waals surface area (Å²) in [5.41, 5.74) is 0. The standard InChI is InChI=1S/C20H24N2O4S/c1-3-21-18(23)12-22(4-2)19(24)13-26-20(25)14-27-17-10-9-15-7-5-6-8-16(15)11-17/h5-11H,3-4,12-14H2,1-2H3,(H,21,23). The molecule has 1 N–H and O–H groups in total. The highest BCUT2D eigenvalue weighted by Crippen LogP contribution is 2.23. The number of nitrogens with one attached hydrogen (secondary N) is 1. The highest BCUT2D eigenvalue weighted by molar-refractivity contribution is 8.00. The van der Waals surface area contributed by atoms with Gasteiger partial charge < -0.3 is 15.0 Å². The highest BCUT2D eigenvalue weighted by atomic mass is 32.2. The molecule has 7 heteroatoms. The van der Waals surface area contributed by atoms with E-state index in [9.17, 15) is 14.4 Å². The largest absolute Gasteiger partial charge is 0.455 e. The summed E-state index contributed by atoms with van der Waals surface area (Å²) in [5, 5.41) is 4.88. The number of hydrogen-bond acceptors (Lipinski definition) is 5. The second kappa shape index (κ2) is 10.6. The fourth-order valence-corrected chi connectivity index (χ4v) is 3.22. The van der Waals surface area contributed by atoms with Crippen molar-refractivity contribution in [1.82, 2.24) is 10.2 Å². The molecule has 2 rings (SSSR count). The van der Waals surface area contributed by atoms with E-state index in [0.29, 0.717) is 13.1 Å². The number of rotatable bonds is 9.